The minimum atomic E-state index is -1.98. The molecule has 3 rings (SSSR count). The Kier molecular flexibility index (Phi) is 2.35. The molecular weight excluding hydrogens is 270 g/mol. The Morgan fingerprint density at radius 1 is 1.52 bits per heavy atom. The average molecular weight is 288 g/mol. The lowest BCUT2D eigenvalue weighted by molar-refractivity contribution is -0.132. The number of aryl methyl sites for hydroxylation is 1. The van der Waals surface area contributed by atoms with E-state index in [9.17, 15) is 14.4 Å². The zero-order valence-corrected chi connectivity index (χ0v) is 11.2. The molecule has 0 amide bonds. The summed E-state index contributed by atoms with van der Waals surface area (Å²) in [4.78, 5) is 40.9. The summed E-state index contributed by atoms with van der Waals surface area (Å²) < 4.78 is 24.7. The third-order valence-electron chi connectivity index (χ3n) is 3.52. The number of nitrogen functional groups attached to an aromatic ring is 1. The molecule has 1 saturated carbocycles. The van der Waals surface area contributed by atoms with Crippen LogP contribution in [0.3, 0.4) is 0 Å². The lowest BCUT2D eigenvalue weighted by atomic mass is 9.92. The molecule has 6 heteroatoms. The number of benzene rings is 1. The second-order valence-electron chi connectivity index (χ2n) is 4.91. The number of hydrogen-bond donors (Lipinski definition) is 1. The third-order valence-corrected chi connectivity index (χ3v) is 3.52. The van der Waals surface area contributed by atoms with Crippen molar-refractivity contribution in [1.29, 1.82) is 0 Å². The van der Waals surface area contributed by atoms with Gasteiger partial charge in [-0.25, -0.2) is 4.98 Å². The molecule has 0 bridgehead atoms. The zero-order valence-electron chi connectivity index (χ0n) is 14.2. The van der Waals surface area contributed by atoms with Gasteiger partial charge in [0.15, 0.2) is 5.78 Å². The van der Waals surface area contributed by atoms with Crippen LogP contribution in [0.2, 0.25) is 0 Å². The van der Waals surface area contributed by atoms with Crippen molar-refractivity contribution in [1.82, 2.24) is 9.55 Å². The molecule has 1 unspecified atom stereocenters. The molecule has 1 atom stereocenters. The number of anilines is 1. The predicted molar refractivity (Wildman–Crippen MR) is 78.1 cm³/mol. The number of rotatable bonds is 1. The van der Waals surface area contributed by atoms with Gasteiger partial charge in [-0.05, 0) is 25.4 Å². The first-order valence-electron chi connectivity index (χ1n) is 8.15. The minimum Gasteiger partial charge on any atom is -0.398 e. The fraction of sp³-hybridized carbons (Fsp3) is 0.333. The highest BCUT2D eigenvalue weighted by molar-refractivity contribution is 6.03. The molecule has 1 aliphatic carbocycles. The van der Waals surface area contributed by atoms with E-state index in [1.54, 1.807) is 0 Å². The Balaban J connectivity index is 2.37. The first kappa shape index (κ1) is 10.3. The van der Waals surface area contributed by atoms with Crippen LogP contribution in [0.5, 0.6) is 0 Å². The maximum Gasteiger partial charge on any atom is 0.264 e. The highest BCUT2D eigenvalue weighted by Crippen LogP contribution is 2.24. The largest absolute Gasteiger partial charge is 0.398 e. The highest BCUT2D eigenvalue weighted by Gasteiger charge is 2.30. The zero-order chi connectivity index (χ0) is 17.6. The topological polar surface area (TPSA) is 95.0 Å². The minimum absolute atomic E-state index is 0.00508. The van der Waals surface area contributed by atoms with E-state index in [1.165, 1.54) is 12.1 Å². The van der Waals surface area contributed by atoms with Crippen molar-refractivity contribution in [2.24, 2.45) is 0 Å². The molecule has 0 radical (unpaired) electrons. The molecule has 1 aromatic carbocycles. The molecule has 0 saturated heterocycles. The number of carbonyl (C=O) groups excluding carboxylic acids is 2. The van der Waals surface area contributed by atoms with Gasteiger partial charge in [0.25, 0.3) is 5.56 Å². The van der Waals surface area contributed by atoms with Crippen molar-refractivity contribution in [2.75, 3.05) is 5.73 Å². The van der Waals surface area contributed by atoms with Gasteiger partial charge >= 0.3 is 0 Å². The summed E-state index contributed by atoms with van der Waals surface area (Å²) in [6.07, 6.45) is -0.560. The van der Waals surface area contributed by atoms with E-state index >= 15 is 0 Å². The number of ketones is 2. The summed E-state index contributed by atoms with van der Waals surface area (Å²) in [6.45, 7) is -0.407. The van der Waals surface area contributed by atoms with Crippen LogP contribution in [0.15, 0.2) is 23.0 Å². The SMILES string of the molecule is [2H]Cc1nc2ccc([2H])c(N)c2c(=O)n1C1([2H])CCC(=O)CC1=O. The van der Waals surface area contributed by atoms with Gasteiger partial charge in [-0.3, -0.25) is 19.0 Å². The van der Waals surface area contributed by atoms with E-state index in [2.05, 4.69) is 4.98 Å². The van der Waals surface area contributed by atoms with Crippen LogP contribution in [0.1, 0.15) is 35.2 Å². The van der Waals surface area contributed by atoms with Gasteiger partial charge in [0.1, 0.15) is 11.6 Å². The van der Waals surface area contributed by atoms with Crippen LogP contribution in [-0.4, -0.2) is 21.1 Å². The van der Waals surface area contributed by atoms with Crippen LogP contribution in [0.25, 0.3) is 10.9 Å². The van der Waals surface area contributed by atoms with Crippen molar-refractivity contribution in [3.05, 3.63) is 34.4 Å². The molecule has 1 heterocycles. The number of aromatic nitrogens is 2. The first-order chi connectivity index (χ1) is 11.3. The van der Waals surface area contributed by atoms with E-state index in [0.717, 1.165) is 4.57 Å². The lowest BCUT2D eigenvalue weighted by Gasteiger charge is -2.24. The van der Waals surface area contributed by atoms with E-state index in [-0.39, 0.29) is 47.1 Å². The number of carbonyl (C=O) groups is 2. The Hall–Kier alpha value is -2.50. The van der Waals surface area contributed by atoms with Crippen molar-refractivity contribution in [2.45, 2.75) is 32.2 Å². The molecule has 2 N–H and O–H groups in total. The molecule has 1 fully saturated rings. The summed E-state index contributed by atoms with van der Waals surface area (Å²) in [5.74, 6) is -1.01. The monoisotopic (exact) mass is 288 g/mol. The normalized spacial score (nSPS) is 24.7. The smallest absolute Gasteiger partial charge is 0.264 e. The van der Waals surface area contributed by atoms with Crippen LogP contribution >= 0.6 is 0 Å². The van der Waals surface area contributed by atoms with E-state index in [4.69, 9.17) is 9.85 Å². The van der Waals surface area contributed by atoms with Crippen LogP contribution in [0, 0.1) is 6.90 Å². The summed E-state index contributed by atoms with van der Waals surface area (Å²) in [6, 6.07) is 0.800. The van der Waals surface area contributed by atoms with Gasteiger partial charge in [-0.1, -0.05) is 6.07 Å². The maximum absolute atomic E-state index is 12.9. The number of hydrogen-bond acceptors (Lipinski definition) is 5. The molecule has 6 nitrogen and oxygen atoms in total. The van der Waals surface area contributed by atoms with Gasteiger partial charge < -0.3 is 5.73 Å². The Bertz CT molecular complexity index is 941. The van der Waals surface area contributed by atoms with Crippen LogP contribution < -0.4 is 11.3 Å². The molecule has 108 valence electrons. The molecule has 0 aliphatic heterocycles. The van der Waals surface area contributed by atoms with Crippen molar-refractivity contribution in [3.63, 3.8) is 0 Å². The standard InChI is InChI=1S/C15H15N3O3/c1-8-17-11-4-2-3-10(16)14(11)15(21)18(8)12-6-5-9(19)7-13(12)20/h2-4,12H,5-7,16H2,1H3/i1D,3D,12D. The number of nitrogens with two attached hydrogens (primary N) is 1. The highest BCUT2D eigenvalue weighted by atomic mass is 16.2. The van der Waals surface area contributed by atoms with Crippen LogP contribution in [0.4, 0.5) is 5.69 Å². The fourth-order valence-electron chi connectivity index (χ4n) is 2.52. The molecule has 21 heavy (non-hydrogen) atoms. The van der Waals surface area contributed by atoms with E-state index in [0.29, 0.717) is 0 Å². The van der Waals surface area contributed by atoms with Crippen molar-refractivity contribution >= 4 is 28.2 Å². The van der Waals surface area contributed by atoms with Gasteiger partial charge in [0.05, 0.1) is 26.1 Å². The Labute approximate surface area is 124 Å². The number of Topliss-reactive ketones (excluding diaryl/α,β-unsaturated/α-hetero) is 2. The van der Waals surface area contributed by atoms with E-state index in [1.807, 2.05) is 0 Å². The summed E-state index contributed by atoms with van der Waals surface area (Å²) in [5, 5.41) is -0.0453. The summed E-state index contributed by atoms with van der Waals surface area (Å²) in [5.41, 5.74) is 5.22. The number of fused-ring (bicyclic) bond motifs is 1. The average Bonchev–Trinajstić information content (AvgIpc) is 2.54. The van der Waals surface area contributed by atoms with Gasteiger partial charge in [0, 0.05) is 13.5 Å². The number of nitrogens with zero attached hydrogens (tertiary/aromatic N) is 2. The molecule has 1 aromatic heterocycles. The molecule has 1 aliphatic rings. The summed E-state index contributed by atoms with van der Waals surface area (Å²) in [7, 11) is 0. The Morgan fingerprint density at radius 3 is 3.05 bits per heavy atom. The van der Waals surface area contributed by atoms with E-state index < -0.39 is 30.7 Å². The molecule has 0 spiro atoms. The first-order valence-corrected chi connectivity index (χ1v) is 6.45. The fourth-order valence-corrected chi connectivity index (χ4v) is 2.52. The molecule has 2 aromatic rings. The Morgan fingerprint density at radius 2 is 2.33 bits per heavy atom. The lowest BCUT2D eigenvalue weighted by Crippen LogP contribution is -2.36. The van der Waals surface area contributed by atoms with Gasteiger partial charge in [0.2, 0.25) is 0 Å². The predicted octanol–water partition coefficient (Wildman–Crippen LogP) is 1.15. The summed E-state index contributed by atoms with van der Waals surface area (Å²) >= 11 is 0. The second kappa shape index (κ2) is 4.80. The van der Waals surface area contributed by atoms with Gasteiger partial charge in [-0.2, -0.15) is 0 Å². The van der Waals surface area contributed by atoms with Crippen molar-refractivity contribution in [3.8, 4) is 0 Å². The quantitative estimate of drug-likeness (QED) is 0.627. The third kappa shape index (κ3) is 2.12. The van der Waals surface area contributed by atoms with Gasteiger partial charge in [-0.15, -0.1) is 0 Å². The maximum atomic E-state index is 12.9. The second-order valence-corrected chi connectivity index (χ2v) is 4.91. The van der Waals surface area contributed by atoms with Crippen molar-refractivity contribution < 1.29 is 13.7 Å². The van der Waals surface area contributed by atoms with Crippen LogP contribution in [-0.2, 0) is 9.59 Å². The molecular formula is C15H15N3O3.